The van der Waals surface area contributed by atoms with Crippen LogP contribution in [0.2, 0.25) is 0 Å². The molecule has 0 spiro atoms. The van der Waals surface area contributed by atoms with E-state index in [0.29, 0.717) is 19.3 Å². The van der Waals surface area contributed by atoms with Gasteiger partial charge in [0.05, 0.1) is 26.4 Å². The maximum atomic E-state index is 13.0. The van der Waals surface area contributed by atoms with E-state index in [4.69, 9.17) is 32.3 Å². The van der Waals surface area contributed by atoms with Crippen molar-refractivity contribution in [2.75, 3.05) is 39.6 Å². The zero-order valence-corrected chi connectivity index (χ0v) is 62.5. The standard InChI is InChI=1S/C79H136O16P2/c1-4-7-10-13-16-19-22-25-28-30-32-34-35-36-37-39-41-42-45-47-50-53-56-59-62-65-77(82)89-68-74(80)69-91-96(85,86)92-70-75(81)71-93-97(87,88)94-73-76(95-79(84)67-64-61-58-55-52-49-44-27-24-21-18-15-12-9-6-3)72-90-78(83)66-63-60-57-54-51-48-46-43-40-38-33-31-29-26-23-20-17-14-11-8-5-2/h7,10,16-17,19-20,25-29,32-34,36-38,43-44,46,74-76,80-81H,4-6,8-9,11-15,18,21-24,30-31,35,39-42,45,47-73H2,1-3H3,(H,85,86)(H,87,88)/b10-7-,19-16-,20-17-,28-25-,29-26-,34-32-,37-36-,38-33-,44-27-,46-43-. The monoisotopic (exact) mass is 1400 g/mol. The number of carbonyl (C=O) groups is 3. The highest BCUT2D eigenvalue weighted by atomic mass is 31.2. The summed E-state index contributed by atoms with van der Waals surface area (Å²) in [6, 6.07) is 0. The highest BCUT2D eigenvalue weighted by Crippen LogP contribution is 2.45. The fourth-order valence-electron chi connectivity index (χ4n) is 9.87. The van der Waals surface area contributed by atoms with E-state index in [-0.39, 0.29) is 19.3 Å². The van der Waals surface area contributed by atoms with Gasteiger partial charge < -0.3 is 34.2 Å². The number of phosphoric acid groups is 2. The molecular formula is C79H136O16P2. The number of unbranched alkanes of at least 4 members (excludes halogenated alkanes) is 28. The van der Waals surface area contributed by atoms with E-state index >= 15 is 0 Å². The lowest BCUT2D eigenvalue weighted by atomic mass is 10.1. The fourth-order valence-corrected chi connectivity index (χ4v) is 11.5. The van der Waals surface area contributed by atoms with Gasteiger partial charge in [0, 0.05) is 19.3 Å². The summed E-state index contributed by atoms with van der Waals surface area (Å²) in [6.45, 7) is 2.50. The lowest BCUT2D eigenvalue weighted by Gasteiger charge is -2.21. The average molecular weight is 1400 g/mol. The number of allylic oxidation sites excluding steroid dienone is 20. The zero-order valence-electron chi connectivity index (χ0n) is 60.7. The van der Waals surface area contributed by atoms with Gasteiger partial charge in [-0.3, -0.25) is 32.5 Å². The van der Waals surface area contributed by atoms with Gasteiger partial charge in [-0.05, 0) is 135 Å². The number of phosphoric ester groups is 2. The van der Waals surface area contributed by atoms with Crippen molar-refractivity contribution in [2.24, 2.45) is 0 Å². The van der Waals surface area contributed by atoms with Crippen LogP contribution in [-0.2, 0) is 55.8 Å². The molecule has 5 atom stereocenters. The summed E-state index contributed by atoms with van der Waals surface area (Å²) in [5, 5.41) is 20.6. The van der Waals surface area contributed by atoms with E-state index in [0.717, 1.165) is 154 Å². The molecule has 0 aromatic carbocycles. The molecule has 0 aliphatic carbocycles. The molecule has 0 saturated heterocycles. The van der Waals surface area contributed by atoms with Gasteiger partial charge >= 0.3 is 33.6 Å². The Bertz CT molecular complexity index is 2250. The van der Waals surface area contributed by atoms with Crippen molar-refractivity contribution in [1.82, 2.24) is 0 Å². The molecule has 16 nitrogen and oxygen atoms in total. The third-order valence-corrected chi connectivity index (χ3v) is 17.5. The first-order valence-corrected chi connectivity index (χ1v) is 40.8. The van der Waals surface area contributed by atoms with E-state index in [2.05, 4.69) is 142 Å². The first-order valence-electron chi connectivity index (χ1n) is 37.8. The van der Waals surface area contributed by atoms with Crippen LogP contribution in [0.4, 0.5) is 0 Å². The van der Waals surface area contributed by atoms with Crippen LogP contribution in [0.5, 0.6) is 0 Å². The number of aliphatic hydroxyl groups excluding tert-OH is 2. The molecule has 0 aliphatic heterocycles. The van der Waals surface area contributed by atoms with Crippen molar-refractivity contribution in [3.05, 3.63) is 122 Å². The molecule has 5 unspecified atom stereocenters. The highest BCUT2D eigenvalue weighted by Gasteiger charge is 2.29. The van der Waals surface area contributed by atoms with Crippen molar-refractivity contribution in [2.45, 2.75) is 322 Å². The highest BCUT2D eigenvalue weighted by molar-refractivity contribution is 7.47. The Morgan fingerprint density at radius 1 is 0.299 bits per heavy atom. The van der Waals surface area contributed by atoms with Crippen molar-refractivity contribution in [3.8, 4) is 0 Å². The topological polar surface area (TPSA) is 231 Å². The molecule has 0 aromatic heterocycles. The van der Waals surface area contributed by atoms with Crippen LogP contribution < -0.4 is 0 Å². The Labute approximate surface area is 589 Å². The van der Waals surface area contributed by atoms with Crippen LogP contribution in [0, 0.1) is 0 Å². The Hall–Kier alpha value is -4.05. The van der Waals surface area contributed by atoms with E-state index in [1.165, 1.54) is 89.9 Å². The van der Waals surface area contributed by atoms with Gasteiger partial charge in [0.1, 0.15) is 25.4 Å². The van der Waals surface area contributed by atoms with Gasteiger partial charge in [-0.1, -0.05) is 271 Å². The molecule has 0 aliphatic rings. The maximum Gasteiger partial charge on any atom is 0.472 e. The van der Waals surface area contributed by atoms with E-state index in [9.17, 15) is 43.5 Å². The third kappa shape index (κ3) is 73.0. The molecule has 0 saturated carbocycles. The number of esters is 3. The number of ether oxygens (including phenoxy) is 3. The number of hydrogen-bond donors (Lipinski definition) is 4. The van der Waals surface area contributed by atoms with Gasteiger partial charge in [-0.15, -0.1) is 0 Å². The van der Waals surface area contributed by atoms with Crippen LogP contribution in [0.25, 0.3) is 0 Å². The third-order valence-electron chi connectivity index (χ3n) is 15.6. The van der Waals surface area contributed by atoms with Crippen LogP contribution in [0.3, 0.4) is 0 Å². The quantitative estimate of drug-likeness (QED) is 0.0146. The minimum atomic E-state index is -4.94. The van der Waals surface area contributed by atoms with Gasteiger partial charge in [-0.2, -0.15) is 0 Å². The van der Waals surface area contributed by atoms with Gasteiger partial charge in [-0.25, -0.2) is 9.13 Å². The summed E-state index contributed by atoms with van der Waals surface area (Å²) >= 11 is 0. The fraction of sp³-hybridized carbons (Fsp3) is 0.709. The molecule has 18 heteroatoms. The van der Waals surface area contributed by atoms with Crippen molar-refractivity contribution < 1.29 is 75.8 Å². The average Bonchev–Trinajstić information content (AvgIpc) is 1.82. The normalized spacial score (nSPS) is 14.8. The summed E-state index contributed by atoms with van der Waals surface area (Å²) in [6.07, 6.45) is 83.8. The van der Waals surface area contributed by atoms with Crippen LogP contribution >= 0.6 is 15.6 Å². The van der Waals surface area contributed by atoms with Crippen LogP contribution in [0.1, 0.15) is 303 Å². The summed E-state index contributed by atoms with van der Waals surface area (Å²) < 4.78 is 61.1. The molecule has 0 fully saturated rings. The van der Waals surface area contributed by atoms with E-state index < -0.39 is 91.5 Å². The predicted octanol–water partition coefficient (Wildman–Crippen LogP) is 21.8. The van der Waals surface area contributed by atoms with Crippen molar-refractivity contribution in [3.63, 3.8) is 0 Å². The molecule has 0 amide bonds. The second kappa shape index (κ2) is 71.8. The van der Waals surface area contributed by atoms with Crippen LogP contribution in [0.15, 0.2) is 122 Å². The number of carbonyl (C=O) groups excluding carboxylic acids is 3. The summed E-state index contributed by atoms with van der Waals surface area (Å²) in [4.78, 5) is 58.6. The van der Waals surface area contributed by atoms with Crippen molar-refractivity contribution >= 4 is 33.6 Å². The molecule has 97 heavy (non-hydrogen) atoms. The number of hydrogen-bond acceptors (Lipinski definition) is 14. The van der Waals surface area contributed by atoms with Gasteiger partial charge in [0.25, 0.3) is 0 Å². The summed E-state index contributed by atoms with van der Waals surface area (Å²) in [5.41, 5.74) is 0. The Balaban J connectivity index is 4.63. The second-order valence-corrected chi connectivity index (χ2v) is 28.0. The molecule has 0 aromatic rings. The first-order chi connectivity index (χ1) is 47.2. The lowest BCUT2D eigenvalue weighted by molar-refractivity contribution is -0.161. The number of rotatable bonds is 71. The minimum Gasteiger partial charge on any atom is -0.463 e. The first kappa shape index (κ1) is 93.0. The molecule has 0 rings (SSSR count). The zero-order chi connectivity index (χ0) is 70.9. The molecule has 0 bridgehead atoms. The molecular weight excluding hydrogens is 1270 g/mol. The minimum absolute atomic E-state index is 0.0887. The van der Waals surface area contributed by atoms with E-state index in [1.54, 1.807) is 0 Å². The Kier molecular flexibility index (Phi) is 68.8. The largest absolute Gasteiger partial charge is 0.472 e. The maximum absolute atomic E-state index is 13.0. The van der Waals surface area contributed by atoms with Crippen LogP contribution in [-0.4, -0.2) is 95.9 Å². The molecule has 0 heterocycles. The Morgan fingerprint density at radius 3 is 0.897 bits per heavy atom. The SMILES string of the molecule is CC/C=C\C/C=C\C/C=C\C/C=C\C/C=C\CCCCCCCCCCCC(=O)OCC(O)COP(=O)(O)OCC(O)COP(=O)(O)OCC(COC(=O)CCCCCCC/C=C\C/C=C\C/C=C\C/C=C\CCCCC)OC(=O)CCCCCCC/C=C\CCCCCCCC. The van der Waals surface area contributed by atoms with E-state index in [1.807, 2.05) is 0 Å². The second-order valence-electron chi connectivity index (χ2n) is 25.1. The molecule has 0 radical (unpaired) electrons. The molecule has 4 N–H and O–H groups in total. The smallest absolute Gasteiger partial charge is 0.463 e. The predicted molar refractivity (Wildman–Crippen MR) is 399 cm³/mol. The number of aliphatic hydroxyl groups is 2. The van der Waals surface area contributed by atoms with Gasteiger partial charge in [0.15, 0.2) is 6.10 Å². The Morgan fingerprint density at radius 2 is 0.546 bits per heavy atom. The summed E-state index contributed by atoms with van der Waals surface area (Å²) in [7, 11) is -9.80. The summed E-state index contributed by atoms with van der Waals surface area (Å²) in [5.74, 6) is -1.61. The lowest BCUT2D eigenvalue weighted by Crippen LogP contribution is -2.30. The van der Waals surface area contributed by atoms with Crippen molar-refractivity contribution in [1.29, 1.82) is 0 Å². The van der Waals surface area contributed by atoms with Gasteiger partial charge in [0.2, 0.25) is 0 Å². The molecule has 558 valence electrons.